The van der Waals surface area contributed by atoms with Gasteiger partial charge in [0.05, 0.1) is 6.10 Å². The lowest BCUT2D eigenvalue weighted by atomic mass is 10.0. The highest BCUT2D eigenvalue weighted by atomic mass is 16.6. The van der Waals surface area contributed by atoms with Crippen LogP contribution in [0.2, 0.25) is 0 Å². The Morgan fingerprint density at radius 2 is 1.26 bits per heavy atom. The van der Waals surface area contributed by atoms with Crippen LogP contribution in [-0.4, -0.2) is 19.3 Å². The average molecular weight is 373 g/mol. The van der Waals surface area contributed by atoms with Crippen molar-refractivity contribution >= 4 is 0 Å². The summed E-state index contributed by atoms with van der Waals surface area (Å²) in [6, 6.07) is 16.0. The minimum atomic E-state index is 0.444. The minimum Gasteiger partial charge on any atom is -0.490 e. The Hall–Kier alpha value is -2.16. The van der Waals surface area contributed by atoms with Crippen LogP contribution >= 0.6 is 0 Å². The molecule has 0 saturated heterocycles. The molecule has 3 heteroatoms. The summed E-state index contributed by atoms with van der Waals surface area (Å²) in [7, 11) is 0. The Morgan fingerprint density at radius 3 is 1.78 bits per heavy atom. The van der Waals surface area contributed by atoms with Gasteiger partial charge >= 0.3 is 0 Å². The molecule has 1 unspecified atom stereocenters. The normalized spacial score (nSPS) is 15.8. The van der Waals surface area contributed by atoms with E-state index in [-0.39, 0.29) is 0 Å². The molecular weight excluding hydrogens is 336 g/mol. The second-order valence-electron chi connectivity index (χ2n) is 6.15. The number of hydrogen-bond acceptors (Lipinski definition) is 3. The fourth-order valence-corrected chi connectivity index (χ4v) is 2.66. The molecule has 2 aliphatic rings. The van der Waals surface area contributed by atoms with Gasteiger partial charge in [-0.15, -0.1) is 0 Å². The summed E-state index contributed by atoms with van der Waals surface area (Å²) >= 11 is 0. The minimum absolute atomic E-state index is 0.444. The Kier molecular flexibility index (Phi) is 11.8. The van der Waals surface area contributed by atoms with E-state index in [1.807, 2.05) is 44.2 Å². The fourth-order valence-electron chi connectivity index (χ4n) is 2.66. The average Bonchev–Trinajstić information content (AvgIpc) is 2.76. The van der Waals surface area contributed by atoms with Crippen molar-refractivity contribution in [1.82, 2.24) is 0 Å². The van der Waals surface area contributed by atoms with Crippen LogP contribution in [0.4, 0.5) is 0 Å². The van der Waals surface area contributed by atoms with Gasteiger partial charge in [-0.2, -0.15) is 0 Å². The van der Waals surface area contributed by atoms with Crippen molar-refractivity contribution in [3.8, 4) is 17.2 Å². The molecule has 0 N–H and O–H groups in total. The number of aryl methyl sites for hydroxylation is 1. The van der Waals surface area contributed by atoms with Crippen molar-refractivity contribution in [2.75, 3.05) is 13.2 Å². The van der Waals surface area contributed by atoms with Gasteiger partial charge in [0.1, 0.15) is 19.0 Å². The van der Waals surface area contributed by atoms with Gasteiger partial charge in [-0.05, 0) is 43.0 Å². The molecule has 2 aromatic carbocycles. The van der Waals surface area contributed by atoms with Crippen LogP contribution < -0.4 is 14.2 Å². The molecule has 0 amide bonds. The topological polar surface area (TPSA) is 27.7 Å². The monoisotopic (exact) mass is 372 g/mol. The number of benzene rings is 2. The zero-order chi connectivity index (χ0) is 19.9. The van der Waals surface area contributed by atoms with Crippen LogP contribution in [0.25, 0.3) is 0 Å². The van der Waals surface area contributed by atoms with Crippen LogP contribution in [-0.2, 0) is 6.42 Å². The predicted octanol–water partition coefficient (Wildman–Crippen LogP) is 6.69. The molecule has 0 aliphatic carbocycles. The molecule has 0 saturated carbocycles. The van der Waals surface area contributed by atoms with Crippen LogP contribution in [0.1, 0.15) is 59.4 Å². The second kappa shape index (κ2) is 14.0. The van der Waals surface area contributed by atoms with Crippen LogP contribution in [0.3, 0.4) is 0 Å². The smallest absolute Gasteiger partial charge is 0.161 e. The van der Waals surface area contributed by atoms with Crippen LogP contribution in [0.5, 0.6) is 17.2 Å². The molecule has 0 radical (unpaired) electrons. The lowest BCUT2D eigenvalue weighted by molar-refractivity contribution is 0.169. The maximum atomic E-state index is 5.78. The van der Waals surface area contributed by atoms with E-state index in [1.165, 1.54) is 24.8 Å². The quantitative estimate of drug-likeness (QED) is 0.558. The molecule has 4 rings (SSSR count). The van der Waals surface area contributed by atoms with Gasteiger partial charge in [0.2, 0.25) is 0 Å². The van der Waals surface area contributed by atoms with Crippen molar-refractivity contribution in [2.45, 2.75) is 66.4 Å². The molecule has 3 nitrogen and oxygen atoms in total. The molecule has 27 heavy (non-hydrogen) atoms. The van der Waals surface area contributed by atoms with E-state index in [0.717, 1.165) is 23.7 Å². The standard InChI is InChI=1S/C11H14O.C8H8O2.C3H8.C2H6/c1-2-10-8-7-9-5-3-4-6-11(9)12-10;1-2-4-8-7(3-1)9-5-6-10-8;1-3-2;1-2/h3-6,10H,2,7-8H2,1H3;1-4H,5-6H2;3H2,1-2H3;1-2H3. The fraction of sp³-hybridized carbons (Fsp3) is 0.500. The highest BCUT2D eigenvalue weighted by Gasteiger charge is 2.16. The van der Waals surface area contributed by atoms with E-state index in [1.54, 1.807) is 0 Å². The number of para-hydroxylation sites is 3. The van der Waals surface area contributed by atoms with Gasteiger partial charge < -0.3 is 14.2 Å². The Morgan fingerprint density at radius 1 is 0.778 bits per heavy atom. The number of rotatable bonds is 1. The van der Waals surface area contributed by atoms with E-state index < -0.39 is 0 Å². The van der Waals surface area contributed by atoms with Crippen molar-refractivity contribution < 1.29 is 14.2 Å². The molecule has 150 valence electrons. The lowest BCUT2D eigenvalue weighted by Gasteiger charge is -2.24. The molecule has 0 fully saturated rings. The lowest BCUT2D eigenvalue weighted by Crippen LogP contribution is -2.21. The Bertz CT molecular complexity index is 600. The number of hydrogen-bond donors (Lipinski definition) is 0. The van der Waals surface area contributed by atoms with Crippen molar-refractivity contribution in [2.24, 2.45) is 0 Å². The van der Waals surface area contributed by atoms with Crippen LogP contribution in [0, 0.1) is 0 Å². The van der Waals surface area contributed by atoms with Crippen LogP contribution in [0.15, 0.2) is 48.5 Å². The van der Waals surface area contributed by atoms with E-state index in [4.69, 9.17) is 14.2 Å². The SMILES string of the molecule is CC.CCC.CCC1CCc2ccccc2O1.c1ccc2c(c1)OCCO2. The van der Waals surface area contributed by atoms with E-state index in [0.29, 0.717) is 19.3 Å². The molecule has 0 aromatic heterocycles. The predicted molar refractivity (Wildman–Crippen MR) is 114 cm³/mol. The van der Waals surface area contributed by atoms with Crippen molar-refractivity contribution in [1.29, 1.82) is 0 Å². The summed E-state index contributed by atoms with van der Waals surface area (Å²) in [5, 5.41) is 0. The number of ether oxygens (including phenoxy) is 3. The third kappa shape index (κ3) is 7.94. The van der Waals surface area contributed by atoms with Gasteiger partial charge in [0, 0.05) is 0 Å². The molecule has 2 heterocycles. The molecule has 0 spiro atoms. The van der Waals surface area contributed by atoms with Gasteiger partial charge in [-0.3, -0.25) is 0 Å². The van der Waals surface area contributed by atoms with Gasteiger partial charge in [0.15, 0.2) is 11.5 Å². The maximum Gasteiger partial charge on any atom is 0.161 e. The molecule has 0 bridgehead atoms. The van der Waals surface area contributed by atoms with E-state index >= 15 is 0 Å². The maximum absolute atomic E-state index is 5.78. The molecular formula is C24H36O3. The second-order valence-corrected chi connectivity index (χ2v) is 6.15. The summed E-state index contributed by atoms with van der Waals surface area (Å²) in [4.78, 5) is 0. The zero-order valence-electron chi connectivity index (χ0n) is 17.7. The zero-order valence-corrected chi connectivity index (χ0v) is 17.7. The van der Waals surface area contributed by atoms with E-state index in [9.17, 15) is 0 Å². The molecule has 2 aromatic rings. The summed E-state index contributed by atoms with van der Waals surface area (Å²) in [6.45, 7) is 11.8. The Balaban J connectivity index is 0.000000221. The van der Waals surface area contributed by atoms with Crippen molar-refractivity contribution in [3.05, 3.63) is 54.1 Å². The number of fused-ring (bicyclic) bond motifs is 2. The molecule has 2 aliphatic heterocycles. The first-order chi connectivity index (χ1) is 13.3. The highest BCUT2D eigenvalue weighted by molar-refractivity contribution is 5.40. The third-order valence-corrected chi connectivity index (χ3v) is 3.90. The molecule has 1 atom stereocenters. The summed E-state index contributed by atoms with van der Waals surface area (Å²) in [5.41, 5.74) is 1.36. The van der Waals surface area contributed by atoms with Gasteiger partial charge in [0.25, 0.3) is 0 Å². The summed E-state index contributed by atoms with van der Waals surface area (Å²) in [6.07, 6.45) is 5.16. The summed E-state index contributed by atoms with van der Waals surface area (Å²) in [5.74, 6) is 2.80. The van der Waals surface area contributed by atoms with Crippen molar-refractivity contribution in [3.63, 3.8) is 0 Å². The Labute approximate surface area is 165 Å². The third-order valence-electron chi connectivity index (χ3n) is 3.90. The first-order valence-electron chi connectivity index (χ1n) is 10.4. The highest BCUT2D eigenvalue weighted by Crippen LogP contribution is 2.28. The summed E-state index contributed by atoms with van der Waals surface area (Å²) < 4.78 is 16.4. The first kappa shape index (κ1) is 22.9. The van der Waals surface area contributed by atoms with Gasteiger partial charge in [-0.25, -0.2) is 0 Å². The largest absolute Gasteiger partial charge is 0.490 e. The van der Waals surface area contributed by atoms with Gasteiger partial charge in [-0.1, -0.05) is 71.4 Å². The van der Waals surface area contributed by atoms with E-state index in [2.05, 4.69) is 39.0 Å². The first-order valence-corrected chi connectivity index (χ1v) is 10.4.